The van der Waals surface area contributed by atoms with Gasteiger partial charge < -0.3 is 4.90 Å². The fourth-order valence-corrected chi connectivity index (χ4v) is 1.30. The molecule has 0 radical (unpaired) electrons. The van der Waals surface area contributed by atoms with E-state index in [1.807, 2.05) is 0 Å². The third-order valence-electron chi connectivity index (χ3n) is 1.94. The van der Waals surface area contributed by atoms with Gasteiger partial charge in [-0.05, 0) is 20.9 Å². The molecular weight excluding hydrogens is 162 g/mol. The molecule has 0 bridgehead atoms. The largest absolute Gasteiger partial charge is 0.304 e. The molecule has 1 N–H and O–H groups in total. The molecule has 0 atom stereocenters. The molecular formula is C10H23N3. The molecule has 1 heterocycles. The maximum atomic E-state index is 3.41. The van der Waals surface area contributed by atoms with E-state index in [2.05, 4.69) is 49.4 Å². The minimum Gasteiger partial charge on any atom is -0.304 e. The Kier molecular flexibility index (Phi) is 6.86. The van der Waals surface area contributed by atoms with Crippen LogP contribution in [-0.2, 0) is 0 Å². The fraction of sp³-hybridized carbons (Fsp3) is 0.800. The number of hydrogen-bond donors (Lipinski definition) is 1. The summed E-state index contributed by atoms with van der Waals surface area (Å²) in [5.41, 5.74) is 3.41. The van der Waals surface area contributed by atoms with Gasteiger partial charge >= 0.3 is 0 Å². The van der Waals surface area contributed by atoms with Gasteiger partial charge in [-0.2, -0.15) is 0 Å². The summed E-state index contributed by atoms with van der Waals surface area (Å²) in [5, 5.41) is 2.31. The van der Waals surface area contributed by atoms with Gasteiger partial charge in [-0.3, -0.25) is 5.43 Å². The number of nitrogens with one attached hydrogen (secondary N) is 1. The van der Waals surface area contributed by atoms with Crippen molar-refractivity contribution >= 4 is 0 Å². The molecule has 1 saturated heterocycles. The molecule has 1 fully saturated rings. The minimum absolute atomic E-state index is 0.568. The maximum absolute atomic E-state index is 3.41. The summed E-state index contributed by atoms with van der Waals surface area (Å²) in [5.74, 6) is 0. The summed E-state index contributed by atoms with van der Waals surface area (Å²) in [4.78, 5) is 2.36. The van der Waals surface area contributed by atoms with Crippen LogP contribution < -0.4 is 5.43 Å². The zero-order valence-electron chi connectivity index (χ0n) is 9.21. The molecule has 0 aromatic heterocycles. The number of hydrazine groups is 1. The highest BCUT2D eigenvalue weighted by Crippen LogP contribution is 1.95. The van der Waals surface area contributed by atoms with Crippen molar-refractivity contribution in [3.05, 3.63) is 13.2 Å². The Morgan fingerprint density at radius 2 is 1.54 bits per heavy atom. The smallest absolute Gasteiger partial charge is 0.0259 e. The Balaban J connectivity index is 0.000000671. The monoisotopic (exact) mass is 185 g/mol. The highest BCUT2D eigenvalue weighted by Gasteiger charge is 2.13. The predicted molar refractivity (Wildman–Crippen MR) is 58.6 cm³/mol. The van der Waals surface area contributed by atoms with Crippen molar-refractivity contribution in [1.29, 1.82) is 0 Å². The van der Waals surface area contributed by atoms with Crippen LogP contribution in [-0.4, -0.2) is 49.2 Å². The summed E-state index contributed by atoms with van der Waals surface area (Å²) in [6, 6.07) is 0.568. The van der Waals surface area contributed by atoms with E-state index in [0.717, 1.165) is 13.1 Å². The first-order valence-corrected chi connectivity index (χ1v) is 4.88. The van der Waals surface area contributed by atoms with E-state index in [0.29, 0.717) is 6.04 Å². The summed E-state index contributed by atoms with van der Waals surface area (Å²) in [6.07, 6.45) is 0. The quantitative estimate of drug-likeness (QED) is 0.646. The average Bonchev–Trinajstić information content (AvgIpc) is 2.12. The number of hydrogen-bond acceptors (Lipinski definition) is 3. The van der Waals surface area contributed by atoms with Gasteiger partial charge in [0, 0.05) is 32.2 Å². The lowest BCUT2D eigenvalue weighted by atomic mass is 10.3. The summed E-state index contributed by atoms with van der Waals surface area (Å²) in [7, 11) is 2.17. The Morgan fingerprint density at radius 3 is 1.92 bits per heavy atom. The van der Waals surface area contributed by atoms with Crippen molar-refractivity contribution in [1.82, 2.24) is 15.3 Å². The first-order chi connectivity index (χ1) is 6.18. The number of likely N-dealkylation sites (N-methyl/N-ethyl adjacent to an activating group) is 1. The van der Waals surface area contributed by atoms with Crippen LogP contribution in [0.5, 0.6) is 0 Å². The van der Waals surface area contributed by atoms with Crippen LogP contribution in [0.4, 0.5) is 0 Å². The zero-order valence-corrected chi connectivity index (χ0v) is 9.21. The normalized spacial score (nSPS) is 19.7. The standard InChI is InChI=1S/C8H19N3.C2H4/c1-8(2)9-11-6-4-10(3)5-7-11;1-2/h8-9H,4-7H2,1-3H3;1-2H2. The minimum atomic E-state index is 0.568. The third-order valence-corrected chi connectivity index (χ3v) is 1.94. The highest BCUT2D eigenvalue weighted by atomic mass is 15.5. The second-order valence-electron chi connectivity index (χ2n) is 3.57. The number of nitrogens with zero attached hydrogens (tertiary/aromatic N) is 2. The van der Waals surface area contributed by atoms with E-state index >= 15 is 0 Å². The molecule has 0 amide bonds. The van der Waals surface area contributed by atoms with Crippen molar-refractivity contribution in [2.24, 2.45) is 0 Å². The van der Waals surface area contributed by atoms with E-state index in [1.165, 1.54) is 13.1 Å². The molecule has 1 rings (SSSR count). The SMILES string of the molecule is C=C.CC(C)NN1CCN(C)CC1. The van der Waals surface area contributed by atoms with Gasteiger partial charge in [-0.25, -0.2) is 5.01 Å². The lowest BCUT2D eigenvalue weighted by molar-refractivity contribution is 0.0930. The summed E-state index contributed by atoms with van der Waals surface area (Å²) < 4.78 is 0. The van der Waals surface area contributed by atoms with Crippen molar-refractivity contribution < 1.29 is 0 Å². The fourth-order valence-electron chi connectivity index (χ4n) is 1.30. The Hall–Kier alpha value is -0.380. The lowest BCUT2D eigenvalue weighted by Gasteiger charge is -2.33. The second-order valence-corrected chi connectivity index (χ2v) is 3.57. The van der Waals surface area contributed by atoms with Gasteiger partial charge in [0.15, 0.2) is 0 Å². The van der Waals surface area contributed by atoms with Crippen molar-refractivity contribution in [2.75, 3.05) is 33.2 Å². The van der Waals surface area contributed by atoms with Crippen LogP contribution in [0.15, 0.2) is 13.2 Å². The third kappa shape index (κ3) is 5.80. The van der Waals surface area contributed by atoms with Crippen LogP contribution in [0.2, 0.25) is 0 Å². The molecule has 0 unspecified atom stereocenters. The first kappa shape index (κ1) is 12.6. The van der Waals surface area contributed by atoms with Gasteiger partial charge in [0.2, 0.25) is 0 Å². The second kappa shape index (κ2) is 7.06. The van der Waals surface area contributed by atoms with E-state index in [4.69, 9.17) is 0 Å². The maximum Gasteiger partial charge on any atom is 0.0259 e. The molecule has 0 aliphatic carbocycles. The van der Waals surface area contributed by atoms with Crippen molar-refractivity contribution in [2.45, 2.75) is 19.9 Å². The van der Waals surface area contributed by atoms with E-state index < -0.39 is 0 Å². The van der Waals surface area contributed by atoms with Crippen LogP contribution in [0, 0.1) is 0 Å². The molecule has 0 saturated carbocycles. The van der Waals surface area contributed by atoms with E-state index in [-0.39, 0.29) is 0 Å². The Morgan fingerprint density at radius 1 is 1.08 bits per heavy atom. The topological polar surface area (TPSA) is 18.5 Å². The molecule has 78 valence electrons. The van der Waals surface area contributed by atoms with E-state index in [9.17, 15) is 0 Å². The average molecular weight is 185 g/mol. The van der Waals surface area contributed by atoms with Gasteiger partial charge in [-0.15, -0.1) is 13.2 Å². The number of piperazine rings is 1. The Bertz CT molecular complexity index is 117. The van der Waals surface area contributed by atoms with Crippen LogP contribution in [0.25, 0.3) is 0 Å². The predicted octanol–water partition coefficient (Wildman–Crippen LogP) is 0.949. The van der Waals surface area contributed by atoms with Gasteiger partial charge in [0.05, 0.1) is 0 Å². The van der Waals surface area contributed by atoms with E-state index in [1.54, 1.807) is 0 Å². The highest BCUT2D eigenvalue weighted by molar-refractivity contribution is 4.66. The lowest BCUT2D eigenvalue weighted by Crippen LogP contribution is -2.52. The number of rotatable bonds is 2. The molecule has 1 aliphatic heterocycles. The first-order valence-electron chi connectivity index (χ1n) is 4.88. The summed E-state index contributed by atoms with van der Waals surface area (Å²) >= 11 is 0. The molecule has 0 aromatic carbocycles. The molecule has 3 heteroatoms. The van der Waals surface area contributed by atoms with Gasteiger partial charge in [-0.1, -0.05) is 0 Å². The van der Waals surface area contributed by atoms with Crippen LogP contribution in [0.3, 0.4) is 0 Å². The van der Waals surface area contributed by atoms with Gasteiger partial charge in [0.1, 0.15) is 0 Å². The molecule has 1 aliphatic rings. The van der Waals surface area contributed by atoms with Crippen molar-refractivity contribution in [3.63, 3.8) is 0 Å². The Labute approximate surface area is 82.4 Å². The summed E-state index contributed by atoms with van der Waals surface area (Å²) in [6.45, 7) is 15.0. The van der Waals surface area contributed by atoms with Crippen LogP contribution >= 0.6 is 0 Å². The zero-order chi connectivity index (χ0) is 10.3. The molecule has 0 aromatic rings. The van der Waals surface area contributed by atoms with Crippen molar-refractivity contribution in [3.8, 4) is 0 Å². The molecule has 3 nitrogen and oxygen atoms in total. The molecule has 13 heavy (non-hydrogen) atoms. The van der Waals surface area contributed by atoms with Gasteiger partial charge in [0.25, 0.3) is 0 Å². The molecule has 0 spiro atoms. The van der Waals surface area contributed by atoms with Crippen LogP contribution in [0.1, 0.15) is 13.8 Å².